The Hall–Kier alpha value is -4.64. The Balaban J connectivity index is 1.81. The van der Waals surface area contributed by atoms with E-state index in [4.69, 9.17) is 9.47 Å². The average Bonchev–Trinajstić information content (AvgIpc) is 3.43. The van der Waals surface area contributed by atoms with Gasteiger partial charge in [0.2, 0.25) is 0 Å². The SMILES string of the molecule is COC(=O)[C@@]1(c2cc(F)ccc2[N+](=O)[O-])C[C@@]2(C(=O)OC(C)C)c3ccccc3N(C(=O)c3ccccc3)[C@H]2N1. The number of methoxy groups -OCH3 is 1. The molecule has 0 bridgehead atoms. The van der Waals surface area contributed by atoms with Gasteiger partial charge in [-0.15, -0.1) is 0 Å². The minimum absolute atomic E-state index is 0.305. The molecular formula is C29H26FN3O7. The van der Waals surface area contributed by atoms with E-state index in [2.05, 4.69) is 5.32 Å². The summed E-state index contributed by atoms with van der Waals surface area (Å²) in [5.41, 5.74) is -3.60. The largest absolute Gasteiger partial charge is 0.467 e. The summed E-state index contributed by atoms with van der Waals surface area (Å²) in [4.78, 5) is 54.4. The molecule has 0 saturated carbocycles. The molecule has 1 N–H and O–H groups in total. The van der Waals surface area contributed by atoms with Crippen molar-refractivity contribution in [2.24, 2.45) is 0 Å². The number of rotatable bonds is 6. The normalized spacial score (nSPS) is 22.9. The number of ether oxygens (including phenoxy) is 2. The zero-order chi connectivity index (χ0) is 28.8. The van der Waals surface area contributed by atoms with E-state index < -0.39 is 63.9 Å². The highest BCUT2D eigenvalue weighted by Gasteiger charge is 2.71. The Bertz CT molecular complexity index is 1530. The molecule has 1 fully saturated rings. The van der Waals surface area contributed by atoms with Crippen molar-refractivity contribution in [2.45, 2.75) is 43.5 Å². The number of halogens is 1. The van der Waals surface area contributed by atoms with Gasteiger partial charge in [-0.2, -0.15) is 0 Å². The van der Waals surface area contributed by atoms with E-state index in [-0.39, 0.29) is 5.56 Å². The van der Waals surface area contributed by atoms with Crippen LogP contribution in [0.25, 0.3) is 0 Å². The number of nitro groups is 1. The number of nitrogens with one attached hydrogen (secondary N) is 1. The van der Waals surface area contributed by atoms with Crippen LogP contribution in [-0.4, -0.2) is 42.1 Å². The fraction of sp³-hybridized carbons (Fsp3) is 0.276. The Morgan fingerprint density at radius 3 is 2.35 bits per heavy atom. The first kappa shape index (κ1) is 26.9. The maximum atomic E-state index is 14.6. The van der Waals surface area contributed by atoms with Crippen molar-refractivity contribution in [1.82, 2.24) is 5.32 Å². The Kier molecular flexibility index (Phi) is 6.62. The van der Waals surface area contributed by atoms with Crippen molar-refractivity contribution < 1.29 is 33.2 Å². The number of nitro benzene ring substituents is 1. The van der Waals surface area contributed by atoms with Crippen molar-refractivity contribution in [3.8, 4) is 0 Å². The van der Waals surface area contributed by atoms with Crippen molar-refractivity contribution in [3.05, 3.63) is 105 Å². The topological polar surface area (TPSA) is 128 Å². The molecule has 3 aromatic carbocycles. The summed E-state index contributed by atoms with van der Waals surface area (Å²) in [7, 11) is 1.09. The summed E-state index contributed by atoms with van der Waals surface area (Å²) in [6.07, 6.45) is -2.25. The third-order valence-electron chi connectivity index (χ3n) is 7.39. The van der Waals surface area contributed by atoms with Gasteiger partial charge in [0.15, 0.2) is 5.54 Å². The highest BCUT2D eigenvalue weighted by molar-refractivity contribution is 6.11. The molecule has 1 saturated heterocycles. The average molecular weight is 548 g/mol. The van der Waals surface area contributed by atoms with Crippen LogP contribution in [0.5, 0.6) is 0 Å². The van der Waals surface area contributed by atoms with Crippen molar-refractivity contribution >= 4 is 29.2 Å². The summed E-state index contributed by atoms with van der Waals surface area (Å²) in [5.74, 6) is -3.06. The van der Waals surface area contributed by atoms with E-state index >= 15 is 0 Å². The lowest BCUT2D eigenvalue weighted by molar-refractivity contribution is -0.386. The summed E-state index contributed by atoms with van der Waals surface area (Å²) >= 11 is 0. The lowest BCUT2D eigenvalue weighted by Crippen LogP contribution is -2.56. The van der Waals surface area contributed by atoms with Crippen LogP contribution in [0.1, 0.15) is 41.8 Å². The number of fused-ring (bicyclic) bond motifs is 3. The number of amides is 1. The summed E-state index contributed by atoms with van der Waals surface area (Å²) < 4.78 is 25.4. The minimum atomic E-state index is -2.09. The van der Waals surface area contributed by atoms with Gasteiger partial charge >= 0.3 is 11.9 Å². The zero-order valence-electron chi connectivity index (χ0n) is 21.9. The molecule has 1 amide bonds. The maximum absolute atomic E-state index is 14.6. The van der Waals surface area contributed by atoms with Gasteiger partial charge in [-0.3, -0.25) is 29.9 Å². The first-order valence-corrected chi connectivity index (χ1v) is 12.6. The lowest BCUT2D eigenvalue weighted by atomic mass is 9.72. The quantitative estimate of drug-likeness (QED) is 0.279. The van der Waals surface area contributed by atoms with Gasteiger partial charge in [0.05, 0.1) is 29.4 Å². The summed E-state index contributed by atoms with van der Waals surface area (Å²) in [5, 5.41) is 15.1. The van der Waals surface area contributed by atoms with E-state index in [0.717, 1.165) is 25.3 Å². The van der Waals surface area contributed by atoms with Gasteiger partial charge in [0.25, 0.3) is 11.6 Å². The van der Waals surface area contributed by atoms with Crippen molar-refractivity contribution in [2.75, 3.05) is 12.0 Å². The molecule has 10 nitrogen and oxygen atoms in total. The van der Waals surface area contributed by atoms with Crippen LogP contribution in [0.3, 0.4) is 0 Å². The third-order valence-corrected chi connectivity index (χ3v) is 7.39. The van der Waals surface area contributed by atoms with Crippen LogP contribution in [0.2, 0.25) is 0 Å². The number of carbonyl (C=O) groups is 3. The Labute approximate surface area is 228 Å². The van der Waals surface area contributed by atoms with Crippen LogP contribution in [0, 0.1) is 15.9 Å². The molecule has 3 atom stereocenters. The number of nitrogens with zero attached hydrogens (tertiary/aromatic N) is 2. The molecule has 0 radical (unpaired) electrons. The summed E-state index contributed by atoms with van der Waals surface area (Å²) in [6.45, 7) is 3.31. The van der Waals surface area contributed by atoms with E-state index in [0.29, 0.717) is 16.8 Å². The standard InChI is InChI=1S/C29H26FN3O7/c1-17(2)40-26(35)28-16-29(27(36)39-3,21-15-19(30)13-14-23(21)33(37)38)31-25(28)32(22-12-8-7-11-20(22)28)24(34)18-9-5-4-6-10-18/h4-15,17,25,31H,16H2,1-3H3/t25-,28-,29+/m1/s1. The minimum Gasteiger partial charge on any atom is -0.467 e. The monoisotopic (exact) mass is 547 g/mol. The lowest BCUT2D eigenvalue weighted by Gasteiger charge is -2.31. The number of para-hydroxylation sites is 1. The molecule has 11 heteroatoms. The molecule has 0 unspecified atom stereocenters. The number of benzene rings is 3. The third kappa shape index (κ3) is 3.92. The molecule has 2 heterocycles. The second kappa shape index (κ2) is 9.83. The van der Waals surface area contributed by atoms with Gasteiger partial charge in [-0.05, 0) is 49.7 Å². The summed E-state index contributed by atoms with van der Waals surface area (Å²) in [6, 6.07) is 17.8. The van der Waals surface area contributed by atoms with Gasteiger partial charge in [0.1, 0.15) is 17.4 Å². The van der Waals surface area contributed by atoms with Gasteiger partial charge < -0.3 is 9.47 Å². The molecule has 2 aliphatic rings. The molecule has 40 heavy (non-hydrogen) atoms. The van der Waals surface area contributed by atoms with E-state index in [1.165, 1.54) is 4.90 Å². The number of hydrogen-bond donors (Lipinski definition) is 1. The highest BCUT2D eigenvalue weighted by atomic mass is 19.1. The fourth-order valence-electron chi connectivity index (χ4n) is 5.81. The fourth-order valence-corrected chi connectivity index (χ4v) is 5.81. The molecule has 0 spiro atoms. The van der Waals surface area contributed by atoms with Crippen LogP contribution < -0.4 is 10.2 Å². The van der Waals surface area contributed by atoms with Crippen LogP contribution in [0.15, 0.2) is 72.8 Å². The van der Waals surface area contributed by atoms with E-state index in [1.54, 1.807) is 68.4 Å². The van der Waals surface area contributed by atoms with Crippen molar-refractivity contribution in [1.29, 1.82) is 0 Å². The number of esters is 2. The Morgan fingerprint density at radius 1 is 1.02 bits per heavy atom. The molecular weight excluding hydrogens is 521 g/mol. The molecule has 3 aromatic rings. The molecule has 2 aliphatic heterocycles. The van der Waals surface area contributed by atoms with Crippen molar-refractivity contribution in [3.63, 3.8) is 0 Å². The maximum Gasteiger partial charge on any atom is 0.331 e. The van der Waals surface area contributed by atoms with Crippen LogP contribution in [-0.2, 0) is 30.0 Å². The van der Waals surface area contributed by atoms with Crippen LogP contribution >= 0.6 is 0 Å². The number of anilines is 1. The first-order chi connectivity index (χ1) is 19.1. The zero-order valence-corrected chi connectivity index (χ0v) is 21.9. The Morgan fingerprint density at radius 2 is 1.70 bits per heavy atom. The van der Waals surface area contributed by atoms with Gasteiger partial charge in [-0.1, -0.05) is 36.4 Å². The van der Waals surface area contributed by atoms with E-state index in [9.17, 15) is 28.9 Å². The molecule has 0 aromatic heterocycles. The molecule has 5 rings (SSSR count). The van der Waals surface area contributed by atoms with Gasteiger partial charge in [-0.25, -0.2) is 9.18 Å². The number of hydrogen-bond acceptors (Lipinski definition) is 8. The van der Waals surface area contributed by atoms with Crippen LogP contribution in [0.4, 0.5) is 15.8 Å². The second-order valence-electron chi connectivity index (χ2n) is 10.0. The first-order valence-electron chi connectivity index (χ1n) is 12.6. The predicted octanol–water partition coefficient (Wildman–Crippen LogP) is 3.97. The van der Waals surface area contributed by atoms with Gasteiger partial charge in [0, 0.05) is 18.1 Å². The molecule has 206 valence electrons. The second-order valence-corrected chi connectivity index (χ2v) is 10.0. The number of carbonyl (C=O) groups excluding carboxylic acids is 3. The van der Waals surface area contributed by atoms with E-state index in [1.807, 2.05) is 0 Å². The molecule has 0 aliphatic carbocycles. The smallest absolute Gasteiger partial charge is 0.331 e. The highest BCUT2D eigenvalue weighted by Crippen LogP contribution is 2.57. The predicted molar refractivity (Wildman–Crippen MR) is 141 cm³/mol.